The summed E-state index contributed by atoms with van der Waals surface area (Å²) in [5.41, 5.74) is 0. The molecule has 0 aliphatic carbocycles. The molecule has 1 aromatic rings. The number of hydrogen-bond acceptors (Lipinski definition) is 2. The van der Waals surface area contributed by atoms with Gasteiger partial charge >= 0.3 is 0 Å². The van der Waals surface area contributed by atoms with Gasteiger partial charge in [-0.2, -0.15) is 0 Å². The number of nitrogens with zero attached hydrogens (tertiary/aromatic N) is 1. The number of rotatable bonds is 2. The van der Waals surface area contributed by atoms with Crippen LogP contribution >= 0.6 is 11.6 Å². The van der Waals surface area contributed by atoms with E-state index in [0.717, 1.165) is 5.75 Å². The van der Waals surface area contributed by atoms with Crippen molar-refractivity contribution in [2.75, 3.05) is 6.61 Å². The van der Waals surface area contributed by atoms with Crippen molar-refractivity contribution in [3.05, 3.63) is 23.5 Å². The SMILES string of the molecule is CC.CCOc1ccc(Cl)nc1. The first kappa shape index (κ1) is 11.2. The van der Waals surface area contributed by atoms with E-state index in [0.29, 0.717) is 11.8 Å². The molecular formula is C9H14ClNO. The molecule has 0 unspecified atom stereocenters. The Kier molecular flexibility index (Phi) is 6.48. The first-order chi connectivity index (χ1) is 5.83. The van der Waals surface area contributed by atoms with Crippen LogP contribution in [0.15, 0.2) is 18.3 Å². The van der Waals surface area contributed by atoms with E-state index in [1.54, 1.807) is 18.3 Å². The van der Waals surface area contributed by atoms with Crippen molar-refractivity contribution < 1.29 is 4.74 Å². The number of aromatic nitrogens is 1. The van der Waals surface area contributed by atoms with Gasteiger partial charge in [0.25, 0.3) is 0 Å². The molecule has 0 spiro atoms. The molecule has 1 rings (SSSR count). The van der Waals surface area contributed by atoms with Crippen molar-refractivity contribution in [1.29, 1.82) is 0 Å². The van der Waals surface area contributed by atoms with Crippen molar-refractivity contribution in [2.24, 2.45) is 0 Å². The second-order valence-corrected chi connectivity index (χ2v) is 2.14. The summed E-state index contributed by atoms with van der Waals surface area (Å²) in [6, 6.07) is 3.49. The Labute approximate surface area is 78.5 Å². The standard InChI is InChI=1S/C7H8ClNO.C2H6/c1-2-10-6-3-4-7(8)9-5-6;1-2/h3-5H,2H2,1H3;1-2H3. The van der Waals surface area contributed by atoms with E-state index in [-0.39, 0.29) is 0 Å². The Bertz CT molecular complexity index is 198. The van der Waals surface area contributed by atoms with E-state index in [2.05, 4.69) is 4.98 Å². The average Bonchev–Trinajstić information content (AvgIpc) is 2.13. The molecule has 0 saturated heterocycles. The Morgan fingerprint density at radius 2 is 2.08 bits per heavy atom. The largest absolute Gasteiger partial charge is 0.492 e. The van der Waals surface area contributed by atoms with Gasteiger partial charge in [-0.1, -0.05) is 25.4 Å². The van der Waals surface area contributed by atoms with E-state index >= 15 is 0 Å². The summed E-state index contributed by atoms with van der Waals surface area (Å²) in [5.74, 6) is 0.756. The van der Waals surface area contributed by atoms with E-state index < -0.39 is 0 Å². The molecule has 1 aromatic heterocycles. The molecule has 0 aliphatic heterocycles. The van der Waals surface area contributed by atoms with Crippen molar-refractivity contribution in [3.8, 4) is 5.75 Å². The van der Waals surface area contributed by atoms with Crippen LogP contribution in [0.1, 0.15) is 20.8 Å². The summed E-state index contributed by atoms with van der Waals surface area (Å²) in [6.07, 6.45) is 1.60. The van der Waals surface area contributed by atoms with Crippen molar-refractivity contribution in [3.63, 3.8) is 0 Å². The number of hydrogen-bond donors (Lipinski definition) is 0. The maximum atomic E-state index is 5.55. The molecule has 0 bridgehead atoms. The summed E-state index contributed by atoms with van der Waals surface area (Å²) < 4.78 is 5.14. The molecule has 0 fully saturated rings. The van der Waals surface area contributed by atoms with Gasteiger partial charge in [0.15, 0.2) is 0 Å². The van der Waals surface area contributed by atoms with Gasteiger partial charge < -0.3 is 4.74 Å². The third kappa shape index (κ3) is 4.19. The highest BCUT2D eigenvalue weighted by molar-refractivity contribution is 6.29. The lowest BCUT2D eigenvalue weighted by Crippen LogP contribution is -1.90. The minimum atomic E-state index is 0.489. The molecule has 0 atom stereocenters. The zero-order valence-corrected chi connectivity index (χ0v) is 8.43. The molecule has 0 amide bonds. The van der Waals surface area contributed by atoms with Crippen LogP contribution in [0.4, 0.5) is 0 Å². The molecule has 0 radical (unpaired) electrons. The minimum absolute atomic E-state index is 0.489. The van der Waals surface area contributed by atoms with Crippen LogP contribution in [-0.2, 0) is 0 Å². The number of halogens is 1. The summed E-state index contributed by atoms with van der Waals surface area (Å²) in [7, 11) is 0. The molecule has 2 nitrogen and oxygen atoms in total. The average molecular weight is 188 g/mol. The molecule has 68 valence electrons. The minimum Gasteiger partial charge on any atom is -0.492 e. The van der Waals surface area contributed by atoms with Crippen molar-refractivity contribution >= 4 is 11.6 Å². The Morgan fingerprint density at radius 1 is 1.42 bits per heavy atom. The summed E-state index contributed by atoms with van der Waals surface area (Å²) in [6.45, 7) is 6.58. The lowest BCUT2D eigenvalue weighted by atomic mass is 10.5. The lowest BCUT2D eigenvalue weighted by Gasteiger charge is -1.99. The van der Waals surface area contributed by atoms with Gasteiger partial charge in [0, 0.05) is 0 Å². The van der Waals surface area contributed by atoms with Gasteiger partial charge in [0.1, 0.15) is 10.9 Å². The fourth-order valence-corrected chi connectivity index (χ4v) is 0.726. The van der Waals surface area contributed by atoms with E-state index in [4.69, 9.17) is 16.3 Å². The zero-order chi connectivity index (χ0) is 9.40. The van der Waals surface area contributed by atoms with Crippen LogP contribution in [0.3, 0.4) is 0 Å². The highest BCUT2D eigenvalue weighted by Gasteiger charge is 1.90. The van der Waals surface area contributed by atoms with E-state index in [1.165, 1.54) is 0 Å². The third-order valence-electron chi connectivity index (χ3n) is 1.01. The molecule has 0 N–H and O–H groups in total. The molecule has 0 aromatic carbocycles. The fourth-order valence-electron chi connectivity index (χ4n) is 0.614. The van der Waals surface area contributed by atoms with Crippen LogP contribution in [0.5, 0.6) is 5.75 Å². The maximum absolute atomic E-state index is 5.55. The van der Waals surface area contributed by atoms with Gasteiger partial charge in [0.2, 0.25) is 0 Å². The van der Waals surface area contributed by atoms with Gasteiger partial charge in [-0.15, -0.1) is 0 Å². The monoisotopic (exact) mass is 187 g/mol. The Morgan fingerprint density at radius 3 is 2.50 bits per heavy atom. The van der Waals surface area contributed by atoms with Gasteiger partial charge in [-0.25, -0.2) is 4.98 Å². The number of pyridine rings is 1. The second kappa shape index (κ2) is 6.92. The zero-order valence-electron chi connectivity index (χ0n) is 7.67. The van der Waals surface area contributed by atoms with Gasteiger partial charge in [-0.3, -0.25) is 0 Å². The normalized spacial score (nSPS) is 8.33. The van der Waals surface area contributed by atoms with Crippen LogP contribution < -0.4 is 4.74 Å². The predicted molar refractivity (Wildman–Crippen MR) is 51.8 cm³/mol. The van der Waals surface area contributed by atoms with Gasteiger partial charge in [-0.05, 0) is 19.1 Å². The predicted octanol–water partition coefficient (Wildman–Crippen LogP) is 3.16. The molecule has 0 aliphatic rings. The van der Waals surface area contributed by atoms with Crippen LogP contribution in [0.2, 0.25) is 5.15 Å². The number of ether oxygens (including phenoxy) is 1. The Hall–Kier alpha value is -0.760. The first-order valence-electron chi connectivity index (χ1n) is 4.07. The highest BCUT2D eigenvalue weighted by atomic mass is 35.5. The topological polar surface area (TPSA) is 22.1 Å². The van der Waals surface area contributed by atoms with E-state index in [9.17, 15) is 0 Å². The summed E-state index contributed by atoms with van der Waals surface area (Å²) in [4.78, 5) is 3.84. The van der Waals surface area contributed by atoms with Crippen LogP contribution in [-0.4, -0.2) is 11.6 Å². The summed E-state index contributed by atoms with van der Waals surface area (Å²) >= 11 is 5.55. The highest BCUT2D eigenvalue weighted by Crippen LogP contribution is 2.11. The fraction of sp³-hybridized carbons (Fsp3) is 0.444. The second-order valence-electron chi connectivity index (χ2n) is 1.75. The first-order valence-corrected chi connectivity index (χ1v) is 4.45. The van der Waals surface area contributed by atoms with Gasteiger partial charge in [0.05, 0.1) is 12.8 Å². The van der Waals surface area contributed by atoms with Crippen LogP contribution in [0.25, 0.3) is 0 Å². The molecule has 1 heterocycles. The molecule has 0 saturated carbocycles. The smallest absolute Gasteiger partial charge is 0.137 e. The molecule has 3 heteroatoms. The maximum Gasteiger partial charge on any atom is 0.137 e. The third-order valence-corrected chi connectivity index (χ3v) is 1.23. The molecular weight excluding hydrogens is 174 g/mol. The van der Waals surface area contributed by atoms with E-state index in [1.807, 2.05) is 20.8 Å². The summed E-state index contributed by atoms with van der Waals surface area (Å²) in [5, 5.41) is 0.489. The van der Waals surface area contributed by atoms with Crippen molar-refractivity contribution in [2.45, 2.75) is 20.8 Å². The lowest BCUT2D eigenvalue weighted by molar-refractivity contribution is 0.339. The van der Waals surface area contributed by atoms with Crippen LogP contribution in [0, 0.1) is 0 Å². The molecule has 12 heavy (non-hydrogen) atoms. The van der Waals surface area contributed by atoms with Crippen molar-refractivity contribution in [1.82, 2.24) is 4.98 Å². The Balaban J connectivity index is 0.000000561. The quantitative estimate of drug-likeness (QED) is 0.664.